The van der Waals surface area contributed by atoms with E-state index in [1.807, 2.05) is 5.38 Å². The zero-order valence-electron chi connectivity index (χ0n) is 14.0. The molecular formula is C18H15BrFN5OS. The average molecular weight is 448 g/mol. The van der Waals surface area contributed by atoms with E-state index in [0.717, 1.165) is 10.0 Å². The van der Waals surface area contributed by atoms with Crippen LogP contribution in [-0.4, -0.2) is 21.1 Å². The summed E-state index contributed by atoms with van der Waals surface area (Å²) in [5.41, 5.74) is 6.90. The van der Waals surface area contributed by atoms with Crippen LogP contribution in [0.1, 0.15) is 5.56 Å². The summed E-state index contributed by atoms with van der Waals surface area (Å²) in [5.74, 6) is -0.163. The van der Waals surface area contributed by atoms with E-state index in [9.17, 15) is 9.18 Å². The Labute approximate surface area is 166 Å². The Hall–Kier alpha value is -2.78. The van der Waals surface area contributed by atoms with Crippen LogP contribution in [-0.2, 0) is 11.2 Å². The summed E-state index contributed by atoms with van der Waals surface area (Å²) in [7, 11) is 0. The van der Waals surface area contributed by atoms with Gasteiger partial charge in [0.1, 0.15) is 17.1 Å². The first-order chi connectivity index (χ1) is 13.0. The number of anilines is 1. The largest absolute Gasteiger partial charge is 0.404 e. The minimum atomic E-state index is -0.454. The monoisotopic (exact) mass is 447 g/mol. The van der Waals surface area contributed by atoms with Gasteiger partial charge in [0.15, 0.2) is 5.82 Å². The number of nitrogens with zero attached hydrogens (tertiary/aromatic N) is 2. The van der Waals surface area contributed by atoms with Gasteiger partial charge in [0.25, 0.3) is 0 Å². The second-order valence-electron chi connectivity index (χ2n) is 5.45. The molecule has 0 aliphatic heterocycles. The molecule has 138 valence electrons. The number of aromatic nitrogens is 3. The third-order valence-electron chi connectivity index (χ3n) is 3.78. The summed E-state index contributed by atoms with van der Waals surface area (Å²) in [4.78, 5) is 16.7. The molecule has 1 aromatic carbocycles. The molecule has 3 aromatic rings. The fraction of sp³-hybridized carbons (Fsp3) is 0.0556. The minimum Gasteiger partial charge on any atom is -0.404 e. The van der Waals surface area contributed by atoms with Gasteiger partial charge in [-0.3, -0.25) is 9.89 Å². The first-order valence-electron chi connectivity index (χ1n) is 7.79. The van der Waals surface area contributed by atoms with E-state index < -0.39 is 5.82 Å². The van der Waals surface area contributed by atoms with Crippen LogP contribution in [0.3, 0.4) is 0 Å². The Kier molecular flexibility index (Phi) is 5.82. The molecule has 0 aliphatic carbocycles. The Morgan fingerprint density at radius 1 is 1.44 bits per heavy atom. The molecular weight excluding hydrogens is 433 g/mol. The molecule has 0 bridgehead atoms. The molecule has 0 spiro atoms. The van der Waals surface area contributed by atoms with Crippen molar-refractivity contribution in [1.82, 2.24) is 15.2 Å². The van der Waals surface area contributed by atoms with Gasteiger partial charge in [0, 0.05) is 21.3 Å². The number of H-pyrrole nitrogens is 1. The zero-order chi connectivity index (χ0) is 19.4. The molecule has 0 atom stereocenters. The number of nitrogens with one attached hydrogen (secondary N) is 2. The van der Waals surface area contributed by atoms with Gasteiger partial charge in [-0.05, 0) is 32.8 Å². The summed E-state index contributed by atoms with van der Waals surface area (Å²) in [6.07, 6.45) is 5.79. The number of allylic oxidation sites excluding steroid dienone is 1. The number of hydrogen-bond donors (Lipinski definition) is 3. The Morgan fingerprint density at radius 3 is 2.93 bits per heavy atom. The maximum absolute atomic E-state index is 14.0. The fourth-order valence-corrected chi connectivity index (χ4v) is 4.25. The number of benzene rings is 1. The van der Waals surface area contributed by atoms with Gasteiger partial charge in [0.05, 0.1) is 12.0 Å². The van der Waals surface area contributed by atoms with Crippen LogP contribution in [0.4, 0.5) is 9.39 Å². The molecule has 2 heterocycles. The number of halogens is 2. The van der Waals surface area contributed by atoms with Crippen LogP contribution < -0.4 is 21.5 Å². The Bertz CT molecular complexity index is 1110. The molecule has 9 heteroatoms. The van der Waals surface area contributed by atoms with Crippen molar-refractivity contribution in [3.05, 3.63) is 62.8 Å². The van der Waals surface area contributed by atoms with E-state index in [1.165, 1.54) is 36.0 Å². The molecule has 1 amide bonds. The van der Waals surface area contributed by atoms with Crippen LogP contribution in [0, 0.1) is 5.82 Å². The molecule has 0 fully saturated rings. The molecule has 6 nitrogen and oxygen atoms in total. The number of aromatic amines is 1. The van der Waals surface area contributed by atoms with Crippen LogP contribution >= 0.6 is 27.3 Å². The summed E-state index contributed by atoms with van der Waals surface area (Å²) in [6, 6.07) is 2.86. The highest BCUT2D eigenvalue weighted by molar-refractivity contribution is 9.10. The molecule has 0 radical (unpaired) electrons. The van der Waals surface area contributed by atoms with Gasteiger partial charge in [-0.15, -0.1) is 11.3 Å². The predicted molar refractivity (Wildman–Crippen MR) is 109 cm³/mol. The second-order valence-corrected chi connectivity index (χ2v) is 7.18. The van der Waals surface area contributed by atoms with Gasteiger partial charge in [-0.25, -0.2) is 9.37 Å². The lowest BCUT2D eigenvalue weighted by Crippen LogP contribution is -2.34. The van der Waals surface area contributed by atoms with E-state index in [1.54, 1.807) is 12.1 Å². The van der Waals surface area contributed by atoms with E-state index in [4.69, 9.17) is 5.73 Å². The molecule has 2 aromatic heterocycles. The molecule has 0 saturated heterocycles. The molecule has 27 heavy (non-hydrogen) atoms. The first kappa shape index (κ1) is 19.0. The van der Waals surface area contributed by atoms with Gasteiger partial charge in [0.2, 0.25) is 5.91 Å². The molecule has 4 N–H and O–H groups in total. The summed E-state index contributed by atoms with van der Waals surface area (Å²) < 4.78 is 14.8. The molecule has 0 unspecified atom stereocenters. The van der Waals surface area contributed by atoms with Crippen molar-refractivity contribution in [3.63, 3.8) is 0 Å². The van der Waals surface area contributed by atoms with E-state index >= 15 is 0 Å². The number of carbonyl (C=O) groups is 1. The van der Waals surface area contributed by atoms with Crippen molar-refractivity contribution in [1.29, 1.82) is 0 Å². The van der Waals surface area contributed by atoms with E-state index in [-0.39, 0.29) is 17.5 Å². The van der Waals surface area contributed by atoms with Crippen LogP contribution in [0.5, 0.6) is 0 Å². The quantitative estimate of drug-likeness (QED) is 0.558. The summed E-state index contributed by atoms with van der Waals surface area (Å²) >= 11 is 4.81. The zero-order valence-corrected chi connectivity index (χ0v) is 16.4. The number of hydrogen-bond acceptors (Lipinski definition) is 5. The number of nitrogens with two attached hydrogens (primary N) is 1. The first-order valence-corrected chi connectivity index (χ1v) is 9.47. The van der Waals surface area contributed by atoms with Crippen LogP contribution in [0.15, 0.2) is 41.0 Å². The third-order valence-corrected chi connectivity index (χ3v) is 5.60. The Balaban J connectivity index is 1.91. The van der Waals surface area contributed by atoms with Crippen molar-refractivity contribution in [3.8, 4) is 11.4 Å². The molecule has 3 rings (SSSR count). The highest BCUT2D eigenvalue weighted by Gasteiger charge is 2.17. The summed E-state index contributed by atoms with van der Waals surface area (Å²) in [5, 5.41) is 12.7. The summed E-state index contributed by atoms with van der Waals surface area (Å²) in [6.45, 7) is 3.64. The van der Waals surface area contributed by atoms with Crippen molar-refractivity contribution in [2.75, 3.05) is 5.32 Å². The highest BCUT2D eigenvalue weighted by atomic mass is 79.9. The predicted octanol–water partition coefficient (Wildman–Crippen LogP) is 2.28. The number of carbonyl (C=O) groups excluding carboxylic acids is 1. The van der Waals surface area contributed by atoms with Crippen LogP contribution in [0.2, 0.25) is 0 Å². The smallest absolute Gasteiger partial charge is 0.229 e. The standard InChI is InChI=1S/C18H15BrFN5OS/c1-2-3-11-10(4-5-14(20)12(11)7-21)6-15(26)24-18-16(13(19)8-27-18)17-22-9-23-25-17/h2-5,7-9H,1,6,21H2,(H,24,26)(H,22,23,25)/b11-3-,12-7+. The number of amides is 1. The second kappa shape index (κ2) is 8.28. The van der Waals surface area contributed by atoms with E-state index in [0.29, 0.717) is 21.6 Å². The fourth-order valence-electron chi connectivity index (χ4n) is 2.61. The average Bonchev–Trinajstić information content (AvgIpc) is 3.27. The lowest BCUT2D eigenvalue weighted by molar-refractivity contribution is -0.115. The van der Waals surface area contributed by atoms with Crippen molar-refractivity contribution < 1.29 is 9.18 Å². The molecule has 0 saturated carbocycles. The normalized spacial score (nSPS) is 12.4. The third kappa shape index (κ3) is 3.99. The number of thiophene rings is 1. The topological polar surface area (TPSA) is 96.7 Å². The maximum atomic E-state index is 14.0. The van der Waals surface area contributed by atoms with Gasteiger partial charge in [-0.1, -0.05) is 24.8 Å². The maximum Gasteiger partial charge on any atom is 0.229 e. The van der Waals surface area contributed by atoms with Gasteiger partial charge < -0.3 is 11.1 Å². The molecule has 0 aliphatic rings. The van der Waals surface area contributed by atoms with Gasteiger partial charge in [-0.2, -0.15) is 5.10 Å². The highest BCUT2D eigenvalue weighted by Crippen LogP contribution is 2.38. The minimum absolute atomic E-state index is 0.0478. The van der Waals surface area contributed by atoms with Gasteiger partial charge >= 0.3 is 0 Å². The lowest BCUT2D eigenvalue weighted by Gasteiger charge is -2.07. The Morgan fingerprint density at radius 2 is 2.26 bits per heavy atom. The number of rotatable bonds is 5. The SMILES string of the molecule is C=C/C=c1/c(CC(=O)Nc2scc(Br)c2-c2ncn[nH]2)ccc(F)/c1=C/N. The van der Waals surface area contributed by atoms with Crippen molar-refractivity contribution in [2.24, 2.45) is 5.73 Å². The van der Waals surface area contributed by atoms with Crippen LogP contribution in [0.25, 0.3) is 23.7 Å². The van der Waals surface area contributed by atoms with E-state index in [2.05, 4.69) is 43.0 Å². The lowest BCUT2D eigenvalue weighted by atomic mass is 10.1. The van der Waals surface area contributed by atoms with Crippen molar-refractivity contribution >= 4 is 50.5 Å². The van der Waals surface area contributed by atoms with Crippen molar-refractivity contribution in [2.45, 2.75) is 6.42 Å².